The molecule has 0 aliphatic carbocycles. The van der Waals surface area contributed by atoms with E-state index in [-0.39, 0.29) is 5.54 Å². The molecule has 1 saturated heterocycles. The molecule has 1 unspecified atom stereocenters. The van der Waals surface area contributed by atoms with Gasteiger partial charge in [0.15, 0.2) is 0 Å². The van der Waals surface area contributed by atoms with Gasteiger partial charge in [-0.2, -0.15) is 0 Å². The van der Waals surface area contributed by atoms with Gasteiger partial charge in [-0.25, -0.2) is 0 Å². The van der Waals surface area contributed by atoms with Crippen LogP contribution in [0.2, 0.25) is 0 Å². The SMILES string of the molecule is CC1(C)CCN(C(CNC(C)(C)C)c2ccccc2)C1. The maximum atomic E-state index is 3.68. The van der Waals surface area contributed by atoms with Crippen LogP contribution in [-0.4, -0.2) is 30.1 Å². The van der Waals surface area contributed by atoms with Gasteiger partial charge < -0.3 is 5.32 Å². The van der Waals surface area contributed by atoms with E-state index < -0.39 is 0 Å². The lowest BCUT2D eigenvalue weighted by Crippen LogP contribution is -2.43. The molecule has 2 rings (SSSR count). The van der Waals surface area contributed by atoms with Crippen molar-refractivity contribution >= 4 is 0 Å². The van der Waals surface area contributed by atoms with Crippen LogP contribution in [-0.2, 0) is 0 Å². The number of benzene rings is 1. The van der Waals surface area contributed by atoms with Crippen molar-refractivity contribution in [1.82, 2.24) is 10.2 Å². The van der Waals surface area contributed by atoms with Crippen LogP contribution in [0.15, 0.2) is 30.3 Å². The Balaban J connectivity index is 2.13. The molecule has 0 amide bonds. The van der Waals surface area contributed by atoms with E-state index in [0.717, 1.165) is 6.54 Å². The first-order chi connectivity index (χ1) is 9.27. The van der Waals surface area contributed by atoms with Gasteiger partial charge in [-0.15, -0.1) is 0 Å². The zero-order valence-electron chi connectivity index (χ0n) is 13.7. The van der Waals surface area contributed by atoms with Crippen LogP contribution in [0, 0.1) is 5.41 Å². The summed E-state index contributed by atoms with van der Waals surface area (Å²) in [5.74, 6) is 0. The quantitative estimate of drug-likeness (QED) is 0.897. The Morgan fingerprint density at radius 2 is 1.85 bits per heavy atom. The minimum atomic E-state index is 0.169. The van der Waals surface area contributed by atoms with E-state index in [2.05, 4.69) is 75.2 Å². The summed E-state index contributed by atoms with van der Waals surface area (Å²) in [6.45, 7) is 14.9. The van der Waals surface area contributed by atoms with Crippen LogP contribution in [0.3, 0.4) is 0 Å². The highest BCUT2D eigenvalue weighted by Crippen LogP contribution is 2.34. The minimum absolute atomic E-state index is 0.169. The normalized spacial score (nSPS) is 21.1. The molecule has 0 saturated carbocycles. The molecule has 2 nitrogen and oxygen atoms in total. The predicted molar refractivity (Wildman–Crippen MR) is 86.9 cm³/mol. The number of nitrogens with zero attached hydrogens (tertiary/aromatic N) is 1. The van der Waals surface area contributed by atoms with Crippen molar-refractivity contribution in [3.05, 3.63) is 35.9 Å². The first-order valence-electron chi connectivity index (χ1n) is 7.81. The van der Waals surface area contributed by atoms with Crippen LogP contribution in [0.4, 0.5) is 0 Å². The fraction of sp³-hybridized carbons (Fsp3) is 0.667. The van der Waals surface area contributed by atoms with Gasteiger partial charge in [-0.05, 0) is 44.7 Å². The summed E-state index contributed by atoms with van der Waals surface area (Å²) in [4.78, 5) is 2.65. The van der Waals surface area contributed by atoms with Crippen molar-refractivity contribution < 1.29 is 0 Å². The molecule has 112 valence electrons. The Morgan fingerprint density at radius 3 is 2.35 bits per heavy atom. The van der Waals surface area contributed by atoms with Crippen LogP contribution in [0.1, 0.15) is 52.6 Å². The molecule has 0 bridgehead atoms. The Morgan fingerprint density at radius 1 is 1.20 bits per heavy atom. The molecule has 20 heavy (non-hydrogen) atoms. The van der Waals surface area contributed by atoms with Gasteiger partial charge in [-0.1, -0.05) is 44.2 Å². The van der Waals surface area contributed by atoms with Crippen LogP contribution in [0.5, 0.6) is 0 Å². The van der Waals surface area contributed by atoms with Crippen LogP contribution < -0.4 is 5.32 Å². The highest BCUT2D eigenvalue weighted by molar-refractivity contribution is 5.20. The number of rotatable bonds is 4. The lowest BCUT2D eigenvalue weighted by Gasteiger charge is -2.32. The Hall–Kier alpha value is -0.860. The van der Waals surface area contributed by atoms with E-state index in [0.29, 0.717) is 11.5 Å². The number of hydrogen-bond acceptors (Lipinski definition) is 2. The van der Waals surface area contributed by atoms with Crippen LogP contribution in [0.25, 0.3) is 0 Å². The second kappa shape index (κ2) is 5.87. The third-order valence-corrected chi connectivity index (χ3v) is 4.16. The molecule has 1 fully saturated rings. The molecular formula is C18H30N2. The van der Waals surface area contributed by atoms with Gasteiger partial charge in [0.25, 0.3) is 0 Å². The summed E-state index contributed by atoms with van der Waals surface area (Å²) in [6.07, 6.45) is 1.30. The van der Waals surface area contributed by atoms with Crippen LogP contribution >= 0.6 is 0 Å². The zero-order valence-corrected chi connectivity index (χ0v) is 13.7. The molecule has 1 aromatic carbocycles. The lowest BCUT2D eigenvalue weighted by atomic mass is 9.93. The van der Waals surface area contributed by atoms with Gasteiger partial charge >= 0.3 is 0 Å². The van der Waals surface area contributed by atoms with Gasteiger partial charge in [0, 0.05) is 24.7 Å². The second-order valence-corrected chi connectivity index (χ2v) is 7.94. The Bertz CT molecular complexity index is 417. The Labute approximate surface area is 124 Å². The highest BCUT2D eigenvalue weighted by atomic mass is 15.2. The summed E-state index contributed by atoms with van der Waals surface area (Å²) in [5.41, 5.74) is 2.05. The molecule has 1 aromatic rings. The van der Waals surface area contributed by atoms with E-state index in [9.17, 15) is 0 Å². The fourth-order valence-electron chi connectivity index (χ4n) is 2.96. The van der Waals surface area contributed by atoms with Gasteiger partial charge in [0.05, 0.1) is 0 Å². The third kappa shape index (κ3) is 4.32. The van der Waals surface area contributed by atoms with Gasteiger partial charge in [0.1, 0.15) is 0 Å². The van der Waals surface area contributed by atoms with E-state index in [1.807, 2.05) is 0 Å². The molecule has 0 radical (unpaired) electrons. The molecule has 1 atom stereocenters. The number of likely N-dealkylation sites (tertiary alicyclic amines) is 1. The monoisotopic (exact) mass is 274 g/mol. The van der Waals surface area contributed by atoms with Gasteiger partial charge in [0.2, 0.25) is 0 Å². The van der Waals surface area contributed by atoms with E-state index in [4.69, 9.17) is 0 Å². The molecule has 1 aliphatic rings. The Kier molecular flexibility index (Phi) is 4.55. The fourth-order valence-corrected chi connectivity index (χ4v) is 2.96. The first kappa shape index (κ1) is 15.5. The van der Waals surface area contributed by atoms with Gasteiger partial charge in [-0.3, -0.25) is 4.90 Å². The molecule has 1 N–H and O–H groups in total. The van der Waals surface area contributed by atoms with Crippen molar-refractivity contribution in [2.75, 3.05) is 19.6 Å². The smallest absolute Gasteiger partial charge is 0.0473 e. The molecule has 1 heterocycles. The topological polar surface area (TPSA) is 15.3 Å². The maximum absolute atomic E-state index is 3.68. The summed E-state index contributed by atoms with van der Waals surface area (Å²) < 4.78 is 0. The summed E-state index contributed by atoms with van der Waals surface area (Å²) >= 11 is 0. The molecule has 0 aromatic heterocycles. The minimum Gasteiger partial charge on any atom is -0.310 e. The average Bonchev–Trinajstić information content (AvgIpc) is 2.70. The molecule has 1 aliphatic heterocycles. The van der Waals surface area contributed by atoms with Crippen molar-refractivity contribution in [3.8, 4) is 0 Å². The van der Waals surface area contributed by atoms with Crippen molar-refractivity contribution in [2.45, 2.75) is 52.6 Å². The first-order valence-corrected chi connectivity index (χ1v) is 7.81. The summed E-state index contributed by atoms with van der Waals surface area (Å²) in [5, 5.41) is 3.68. The third-order valence-electron chi connectivity index (χ3n) is 4.16. The number of nitrogens with one attached hydrogen (secondary N) is 1. The molecule has 0 spiro atoms. The molecule has 2 heteroatoms. The van der Waals surface area contributed by atoms with E-state index in [1.165, 1.54) is 25.1 Å². The van der Waals surface area contributed by atoms with E-state index in [1.54, 1.807) is 0 Å². The predicted octanol–water partition coefficient (Wildman–Crippen LogP) is 3.85. The van der Waals surface area contributed by atoms with E-state index >= 15 is 0 Å². The largest absolute Gasteiger partial charge is 0.310 e. The maximum Gasteiger partial charge on any atom is 0.0473 e. The zero-order chi connectivity index (χ0) is 14.8. The molecular weight excluding hydrogens is 244 g/mol. The van der Waals surface area contributed by atoms with Crippen molar-refractivity contribution in [1.29, 1.82) is 0 Å². The number of hydrogen-bond donors (Lipinski definition) is 1. The lowest BCUT2D eigenvalue weighted by molar-refractivity contribution is 0.202. The average molecular weight is 274 g/mol. The van der Waals surface area contributed by atoms with Crippen molar-refractivity contribution in [2.24, 2.45) is 5.41 Å². The standard InChI is InChI=1S/C18H30N2/c1-17(2,3)19-13-16(15-9-7-6-8-10-15)20-12-11-18(4,5)14-20/h6-10,16,19H,11-14H2,1-5H3. The summed E-state index contributed by atoms with van der Waals surface area (Å²) in [6, 6.07) is 11.4. The second-order valence-electron chi connectivity index (χ2n) is 7.94. The summed E-state index contributed by atoms with van der Waals surface area (Å²) in [7, 11) is 0. The highest BCUT2D eigenvalue weighted by Gasteiger charge is 2.34. The van der Waals surface area contributed by atoms with Crippen molar-refractivity contribution in [3.63, 3.8) is 0 Å².